The van der Waals surface area contributed by atoms with Gasteiger partial charge in [0.05, 0.1) is 25.2 Å². The van der Waals surface area contributed by atoms with E-state index in [1.165, 1.54) is 19.4 Å². The topological polar surface area (TPSA) is 39.2 Å². The molecule has 0 unspecified atom stereocenters. The molecule has 0 fully saturated rings. The number of unbranched alkanes of at least 4 members (excludes halogenated alkanes) is 1. The lowest BCUT2D eigenvalue weighted by atomic mass is 10.2. The zero-order valence-electron chi connectivity index (χ0n) is 13.7. The fourth-order valence-electron chi connectivity index (χ4n) is 2.68. The molecule has 0 N–H and O–H groups in total. The molecule has 4 nitrogen and oxygen atoms in total. The molecule has 1 aromatic heterocycles. The molecule has 21 heavy (non-hydrogen) atoms. The summed E-state index contributed by atoms with van der Waals surface area (Å²) in [7, 11) is 0. The third kappa shape index (κ3) is 5.84. The van der Waals surface area contributed by atoms with Gasteiger partial charge in [-0.05, 0) is 31.9 Å². The van der Waals surface area contributed by atoms with Gasteiger partial charge in [0.1, 0.15) is 13.2 Å². The number of ether oxygens (including phenoxy) is 1. The van der Waals surface area contributed by atoms with Gasteiger partial charge in [-0.15, -0.1) is 0 Å². The van der Waals surface area contributed by atoms with Gasteiger partial charge in [0.15, 0.2) is 0 Å². The zero-order chi connectivity index (χ0) is 15.6. The van der Waals surface area contributed by atoms with Crippen molar-refractivity contribution in [2.75, 3.05) is 32.8 Å². The maximum absolute atomic E-state index is 11.9. The van der Waals surface area contributed by atoms with Gasteiger partial charge in [0, 0.05) is 12.4 Å². The second kappa shape index (κ2) is 9.50. The number of rotatable bonds is 10. The predicted octanol–water partition coefficient (Wildman–Crippen LogP) is 3.29. The van der Waals surface area contributed by atoms with Crippen LogP contribution in [-0.2, 0) is 4.74 Å². The third-order valence-corrected chi connectivity index (χ3v) is 4.07. The van der Waals surface area contributed by atoms with Crippen LogP contribution in [-0.4, -0.2) is 48.2 Å². The summed E-state index contributed by atoms with van der Waals surface area (Å²) >= 11 is 0. The average molecular weight is 293 g/mol. The molecule has 0 spiro atoms. The molecular weight excluding hydrogens is 264 g/mol. The predicted molar refractivity (Wildman–Crippen MR) is 85.1 cm³/mol. The molecular formula is C17H29N2O2+. The smallest absolute Gasteiger partial charge is 0.338 e. The molecule has 0 aliphatic heterocycles. The average Bonchev–Trinajstić information content (AvgIpc) is 2.53. The Hall–Kier alpha value is -1.42. The molecule has 1 rings (SSSR count). The molecule has 0 radical (unpaired) electrons. The van der Waals surface area contributed by atoms with Crippen LogP contribution in [0.4, 0.5) is 0 Å². The van der Waals surface area contributed by atoms with Crippen LogP contribution in [0.1, 0.15) is 50.4 Å². The van der Waals surface area contributed by atoms with Gasteiger partial charge < -0.3 is 9.22 Å². The Kier molecular flexibility index (Phi) is 7.98. The minimum atomic E-state index is -0.251. The first kappa shape index (κ1) is 17.6. The number of carbonyl (C=O) groups is 1. The number of hydrogen-bond donors (Lipinski definition) is 0. The molecule has 0 amide bonds. The van der Waals surface area contributed by atoms with Crippen molar-refractivity contribution >= 4 is 5.97 Å². The summed E-state index contributed by atoms with van der Waals surface area (Å²) in [5.41, 5.74) is 0.573. The van der Waals surface area contributed by atoms with Crippen molar-refractivity contribution in [3.8, 4) is 0 Å². The number of quaternary nitrogens is 1. The summed E-state index contributed by atoms with van der Waals surface area (Å²) in [4.78, 5) is 15.8. The van der Waals surface area contributed by atoms with Gasteiger partial charge in [0.2, 0.25) is 0 Å². The minimum Gasteiger partial charge on any atom is -0.456 e. The van der Waals surface area contributed by atoms with Gasteiger partial charge >= 0.3 is 5.97 Å². The second-order valence-electron chi connectivity index (χ2n) is 5.55. The lowest BCUT2D eigenvalue weighted by Gasteiger charge is -2.37. The van der Waals surface area contributed by atoms with E-state index in [-0.39, 0.29) is 5.97 Å². The summed E-state index contributed by atoms with van der Waals surface area (Å²) in [6.45, 7) is 11.5. The molecule has 1 atom stereocenters. The van der Waals surface area contributed by atoms with Crippen LogP contribution in [0, 0.1) is 0 Å². The van der Waals surface area contributed by atoms with E-state index in [1.807, 2.05) is 0 Å². The van der Waals surface area contributed by atoms with Crippen molar-refractivity contribution in [2.24, 2.45) is 0 Å². The molecule has 1 heterocycles. The first-order valence-electron chi connectivity index (χ1n) is 8.09. The Balaban J connectivity index is 2.50. The molecule has 0 bridgehead atoms. The number of nitrogens with zero attached hydrogens (tertiary/aromatic N) is 2. The fourth-order valence-corrected chi connectivity index (χ4v) is 2.68. The van der Waals surface area contributed by atoms with Crippen molar-refractivity contribution in [1.82, 2.24) is 4.98 Å². The maximum Gasteiger partial charge on any atom is 0.338 e. The highest BCUT2D eigenvalue weighted by molar-refractivity contribution is 5.89. The van der Waals surface area contributed by atoms with Crippen molar-refractivity contribution in [3.05, 3.63) is 30.1 Å². The molecule has 0 saturated carbocycles. The molecule has 0 saturated heterocycles. The maximum atomic E-state index is 11.9. The summed E-state index contributed by atoms with van der Waals surface area (Å²) in [5.74, 6) is -0.251. The summed E-state index contributed by atoms with van der Waals surface area (Å²) in [6, 6.07) is 3.38. The second-order valence-corrected chi connectivity index (χ2v) is 5.55. The van der Waals surface area contributed by atoms with Crippen LogP contribution >= 0.6 is 0 Å². The number of esters is 1. The van der Waals surface area contributed by atoms with E-state index in [2.05, 4.69) is 25.8 Å². The van der Waals surface area contributed by atoms with Gasteiger partial charge in [0.25, 0.3) is 0 Å². The quantitative estimate of drug-likeness (QED) is 0.491. The van der Waals surface area contributed by atoms with Crippen LogP contribution in [0.25, 0.3) is 0 Å². The van der Waals surface area contributed by atoms with E-state index in [0.717, 1.165) is 30.5 Å². The molecule has 1 aromatic rings. The molecule has 118 valence electrons. The SMILES string of the molecule is CCCC[N@+](CC)(CCC)CCOC(=O)c1ccncc1. The first-order valence-corrected chi connectivity index (χ1v) is 8.09. The van der Waals surface area contributed by atoms with Crippen LogP contribution in [0.15, 0.2) is 24.5 Å². The standard InChI is InChI=1S/C17H29N2O2/c1-4-7-13-19(6-3,12-5-2)14-15-21-17(20)16-8-10-18-11-9-16/h8-11H,4-7,12-15H2,1-3H3/q+1/t19-/m0/s1. The normalized spacial score (nSPS) is 13.7. The van der Waals surface area contributed by atoms with Gasteiger partial charge in [-0.25, -0.2) is 4.79 Å². The van der Waals surface area contributed by atoms with E-state index in [4.69, 9.17) is 4.74 Å². The van der Waals surface area contributed by atoms with Crippen molar-refractivity contribution < 1.29 is 14.0 Å². The molecule has 0 aromatic carbocycles. The van der Waals surface area contributed by atoms with E-state index < -0.39 is 0 Å². The molecule has 0 aliphatic rings. The zero-order valence-corrected chi connectivity index (χ0v) is 13.7. The highest BCUT2D eigenvalue weighted by Crippen LogP contribution is 2.11. The van der Waals surface area contributed by atoms with E-state index in [1.54, 1.807) is 24.5 Å². The Morgan fingerprint density at radius 3 is 2.38 bits per heavy atom. The van der Waals surface area contributed by atoms with Gasteiger partial charge in [-0.3, -0.25) is 4.98 Å². The van der Waals surface area contributed by atoms with Crippen molar-refractivity contribution in [1.29, 1.82) is 0 Å². The summed E-state index contributed by atoms with van der Waals surface area (Å²) in [6.07, 6.45) is 6.82. The van der Waals surface area contributed by atoms with Gasteiger partial charge in [-0.2, -0.15) is 0 Å². The fraction of sp³-hybridized carbons (Fsp3) is 0.647. The summed E-state index contributed by atoms with van der Waals surface area (Å²) < 4.78 is 6.48. The summed E-state index contributed by atoms with van der Waals surface area (Å²) in [5, 5.41) is 0. The Labute approximate surface area is 128 Å². The Morgan fingerprint density at radius 1 is 1.10 bits per heavy atom. The van der Waals surface area contributed by atoms with Crippen molar-refractivity contribution in [2.45, 2.75) is 40.0 Å². The Morgan fingerprint density at radius 2 is 1.81 bits per heavy atom. The van der Waals surface area contributed by atoms with E-state index >= 15 is 0 Å². The van der Waals surface area contributed by atoms with E-state index in [0.29, 0.717) is 12.2 Å². The van der Waals surface area contributed by atoms with E-state index in [9.17, 15) is 4.79 Å². The highest BCUT2D eigenvalue weighted by atomic mass is 16.5. The monoisotopic (exact) mass is 293 g/mol. The van der Waals surface area contributed by atoms with Crippen LogP contribution in [0.3, 0.4) is 0 Å². The van der Waals surface area contributed by atoms with Crippen molar-refractivity contribution in [3.63, 3.8) is 0 Å². The van der Waals surface area contributed by atoms with Crippen LogP contribution in [0.2, 0.25) is 0 Å². The molecule has 0 aliphatic carbocycles. The van der Waals surface area contributed by atoms with Crippen LogP contribution < -0.4 is 0 Å². The number of aromatic nitrogens is 1. The third-order valence-electron chi connectivity index (χ3n) is 4.07. The lowest BCUT2D eigenvalue weighted by molar-refractivity contribution is -0.926. The largest absolute Gasteiger partial charge is 0.456 e. The minimum absolute atomic E-state index is 0.251. The Bertz CT molecular complexity index is 409. The lowest BCUT2D eigenvalue weighted by Crippen LogP contribution is -2.51. The van der Waals surface area contributed by atoms with Crippen LogP contribution in [0.5, 0.6) is 0 Å². The number of pyridine rings is 1. The first-order chi connectivity index (χ1) is 10.2. The number of likely N-dealkylation sites (N-methyl/N-ethyl adjacent to an activating group) is 1. The van der Waals surface area contributed by atoms with Gasteiger partial charge in [-0.1, -0.05) is 20.3 Å². The molecule has 4 heteroatoms. The number of carbonyl (C=O) groups excluding carboxylic acids is 1. The number of hydrogen-bond acceptors (Lipinski definition) is 3. The highest BCUT2D eigenvalue weighted by Gasteiger charge is 2.24.